The summed E-state index contributed by atoms with van der Waals surface area (Å²) in [5, 5.41) is 10.0. The first kappa shape index (κ1) is 13.7. The molecule has 0 saturated carbocycles. The van der Waals surface area contributed by atoms with Crippen molar-refractivity contribution in [1.82, 2.24) is 15.5 Å². The largest absolute Gasteiger partial charge is 0.481 e. The van der Waals surface area contributed by atoms with E-state index >= 15 is 0 Å². The molecule has 4 nitrogen and oxygen atoms in total. The van der Waals surface area contributed by atoms with Crippen LogP contribution in [-0.4, -0.2) is 16.8 Å². The number of halogens is 1. The number of aromatic amines is 1. The van der Waals surface area contributed by atoms with Gasteiger partial charge >= 0.3 is 0 Å². The Morgan fingerprint density at radius 1 is 1.42 bits per heavy atom. The predicted octanol–water partition coefficient (Wildman–Crippen LogP) is 2.47. The molecule has 0 bridgehead atoms. The Morgan fingerprint density at radius 2 is 2.32 bits per heavy atom. The zero-order valence-electron chi connectivity index (χ0n) is 10.3. The van der Waals surface area contributed by atoms with Crippen LogP contribution in [0.1, 0.15) is 11.1 Å². The molecule has 0 unspecified atom stereocenters. The lowest BCUT2D eigenvalue weighted by Crippen LogP contribution is -2.13. The third-order valence-corrected chi connectivity index (χ3v) is 3.03. The van der Waals surface area contributed by atoms with Crippen molar-refractivity contribution in [2.45, 2.75) is 13.1 Å². The minimum absolute atomic E-state index is 0.274. The van der Waals surface area contributed by atoms with Gasteiger partial charge in [-0.3, -0.25) is 5.10 Å². The van der Waals surface area contributed by atoms with Gasteiger partial charge in [-0.1, -0.05) is 21.9 Å². The zero-order chi connectivity index (χ0) is 13.5. The van der Waals surface area contributed by atoms with Crippen molar-refractivity contribution in [2.75, 3.05) is 6.61 Å². The normalized spacial score (nSPS) is 10.1. The first-order valence-electron chi connectivity index (χ1n) is 5.82. The summed E-state index contributed by atoms with van der Waals surface area (Å²) >= 11 is 3.46. The van der Waals surface area contributed by atoms with Crippen LogP contribution in [0.2, 0.25) is 0 Å². The van der Waals surface area contributed by atoms with E-state index in [2.05, 4.69) is 37.4 Å². The minimum Gasteiger partial charge on any atom is -0.481 e. The second kappa shape index (κ2) is 6.98. The van der Waals surface area contributed by atoms with Crippen LogP contribution in [0, 0.1) is 12.3 Å². The summed E-state index contributed by atoms with van der Waals surface area (Å²) in [5.74, 6) is 3.28. The Balaban J connectivity index is 1.97. The number of H-pyrrole nitrogens is 1. The zero-order valence-corrected chi connectivity index (χ0v) is 11.9. The van der Waals surface area contributed by atoms with Crippen molar-refractivity contribution in [2.24, 2.45) is 0 Å². The number of terminal acetylenes is 1. The molecule has 0 aliphatic carbocycles. The standard InChI is InChI=1S/C14H14BrN3O/c1-2-5-19-14-4-3-13(15)6-12(14)10-16-7-11-8-17-18-9-11/h1,3-4,6,8-9,16H,5,7,10H2,(H,17,18). The van der Waals surface area contributed by atoms with Crippen molar-refractivity contribution in [1.29, 1.82) is 0 Å². The molecule has 0 spiro atoms. The van der Waals surface area contributed by atoms with Gasteiger partial charge < -0.3 is 10.1 Å². The van der Waals surface area contributed by atoms with E-state index in [1.54, 1.807) is 6.20 Å². The summed E-state index contributed by atoms with van der Waals surface area (Å²) in [7, 11) is 0. The Labute approximate surface area is 120 Å². The molecule has 98 valence electrons. The lowest BCUT2D eigenvalue weighted by molar-refractivity contribution is 0.364. The van der Waals surface area contributed by atoms with E-state index in [1.807, 2.05) is 24.4 Å². The Morgan fingerprint density at radius 3 is 3.05 bits per heavy atom. The first-order chi connectivity index (χ1) is 9.29. The van der Waals surface area contributed by atoms with Crippen LogP contribution in [0.5, 0.6) is 5.75 Å². The highest BCUT2D eigenvalue weighted by atomic mass is 79.9. The summed E-state index contributed by atoms with van der Waals surface area (Å²) in [4.78, 5) is 0. The summed E-state index contributed by atoms with van der Waals surface area (Å²) in [5.41, 5.74) is 2.18. The summed E-state index contributed by atoms with van der Waals surface area (Å²) in [6.45, 7) is 1.72. The van der Waals surface area contributed by atoms with Crippen LogP contribution < -0.4 is 10.1 Å². The Hall–Kier alpha value is -1.77. The van der Waals surface area contributed by atoms with Crippen molar-refractivity contribution < 1.29 is 4.74 Å². The second-order valence-corrected chi connectivity index (χ2v) is 4.87. The predicted molar refractivity (Wildman–Crippen MR) is 77.6 cm³/mol. The molecular formula is C14H14BrN3O. The lowest BCUT2D eigenvalue weighted by Gasteiger charge is -2.11. The van der Waals surface area contributed by atoms with E-state index in [0.29, 0.717) is 6.54 Å². The second-order valence-electron chi connectivity index (χ2n) is 3.95. The molecule has 2 rings (SSSR count). The van der Waals surface area contributed by atoms with Crippen molar-refractivity contribution in [3.8, 4) is 18.1 Å². The van der Waals surface area contributed by atoms with Crippen LogP contribution in [0.3, 0.4) is 0 Å². The van der Waals surface area contributed by atoms with Crippen molar-refractivity contribution in [3.63, 3.8) is 0 Å². The maximum Gasteiger partial charge on any atom is 0.148 e. The fraction of sp³-hybridized carbons (Fsp3) is 0.214. The third-order valence-electron chi connectivity index (χ3n) is 2.53. The molecule has 1 heterocycles. The highest BCUT2D eigenvalue weighted by Gasteiger charge is 2.04. The average molecular weight is 320 g/mol. The molecule has 0 saturated heterocycles. The lowest BCUT2D eigenvalue weighted by atomic mass is 10.2. The van der Waals surface area contributed by atoms with E-state index in [1.165, 1.54) is 0 Å². The molecule has 2 N–H and O–H groups in total. The monoisotopic (exact) mass is 319 g/mol. The van der Waals surface area contributed by atoms with Gasteiger partial charge in [0.1, 0.15) is 12.4 Å². The van der Waals surface area contributed by atoms with Gasteiger partial charge in [-0.2, -0.15) is 5.10 Å². The molecule has 19 heavy (non-hydrogen) atoms. The van der Waals surface area contributed by atoms with Crippen molar-refractivity contribution >= 4 is 15.9 Å². The number of ether oxygens (including phenoxy) is 1. The fourth-order valence-corrected chi connectivity index (χ4v) is 2.07. The molecule has 0 fully saturated rings. The number of hydrogen-bond donors (Lipinski definition) is 2. The van der Waals surface area contributed by atoms with Crippen molar-refractivity contribution in [3.05, 3.63) is 46.2 Å². The molecule has 1 aromatic carbocycles. The number of nitrogens with one attached hydrogen (secondary N) is 2. The highest BCUT2D eigenvalue weighted by Crippen LogP contribution is 2.23. The average Bonchev–Trinajstić information content (AvgIpc) is 2.91. The molecule has 0 radical (unpaired) electrons. The van der Waals surface area contributed by atoms with Gasteiger partial charge in [0.2, 0.25) is 0 Å². The maximum absolute atomic E-state index is 5.51. The Bertz CT molecular complexity index is 561. The highest BCUT2D eigenvalue weighted by molar-refractivity contribution is 9.10. The SMILES string of the molecule is C#CCOc1ccc(Br)cc1CNCc1cn[nH]c1. The molecule has 5 heteroatoms. The maximum atomic E-state index is 5.51. The summed E-state index contributed by atoms with van der Waals surface area (Å²) in [6, 6.07) is 5.87. The number of hydrogen-bond acceptors (Lipinski definition) is 3. The van der Waals surface area contributed by atoms with Gasteiger partial charge in [0.15, 0.2) is 0 Å². The van der Waals surface area contributed by atoms with E-state index in [0.717, 1.165) is 27.9 Å². The van der Waals surface area contributed by atoms with Gasteiger partial charge in [0.25, 0.3) is 0 Å². The number of rotatable bonds is 6. The molecule has 0 atom stereocenters. The molecular weight excluding hydrogens is 306 g/mol. The van der Waals surface area contributed by atoms with E-state index in [4.69, 9.17) is 11.2 Å². The summed E-state index contributed by atoms with van der Waals surface area (Å²) in [6.07, 6.45) is 8.87. The van der Waals surface area contributed by atoms with E-state index < -0.39 is 0 Å². The fourth-order valence-electron chi connectivity index (χ4n) is 1.66. The van der Waals surface area contributed by atoms with Gasteiger partial charge in [-0.05, 0) is 18.2 Å². The quantitative estimate of drug-likeness (QED) is 0.804. The van der Waals surface area contributed by atoms with Gasteiger partial charge in [0, 0.05) is 34.9 Å². The molecule has 2 aromatic rings. The van der Waals surface area contributed by atoms with Crippen LogP contribution >= 0.6 is 15.9 Å². The van der Waals surface area contributed by atoms with Crippen LogP contribution in [0.4, 0.5) is 0 Å². The van der Waals surface area contributed by atoms with E-state index in [-0.39, 0.29) is 6.61 Å². The topological polar surface area (TPSA) is 49.9 Å². The first-order valence-corrected chi connectivity index (χ1v) is 6.62. The molecule has 0 amide bonds. The molecule has 0 aliphatic heterocycles. The van der Waals surface area contributed by atoms with Crippen LogP contribution in [0.25, 0.3) is 0 Å². The number of aromatic nitrogens is 2. The summed E-state index contributed by atoms with van der Waals surface area (Å²) < 4.78 is 6.53. The van der Waals surface area contributed by atoms with E-state index in [9.17, 15) is 0 Å². The molecule has 0 aliphatic rings. The Kier molecular flexibility index (Phi) is 5.01. The molecule has 1 aromatic heterocycles. The number of nitrogens with zero attached hydrogens (tertiary/aromatic N) is 1. The third kappa shape index (κ3) is 4.12. The van der Waals surface area contributed by atoms with Gasteiger partial charge in [0.05, 0.1) is 6.20 Å². The van der Waals surface area contributed by atoms with Gasteiger partial charge in [-0.25, -0.2) is 0 Å². The minimum atomic E-state index is 0.274. The van der Waals surface area contributed by atoms with Gasteiger partial charge in [-0.15, -0.1) is 6.42 Å². The number of benzene rings is 1. The van der Waals surface area contributed by atoms with Crippen LogP contribution in [0.15, 0.2) is 35.1 Å². The van der Waals surface area contributed by atoms with Crippen LogP contribution in [-0.2, 0) is 13.1 Å². The smallest absolute Gasteiger partial charge is 0.148 e.